The SMILES string of the molecule is CC/C=C\C/C=C\C/C=C\CCCCCCCCCC(=O)OCC(COCCCCCCCCCCCC/C=C\CCCCCCCC)OC(=O)CCCCCCC/C=C\CCCC. The highest BCUT2D eigenvalue weighted by Crippen LogP contribution is 2.15. The number of carbonyl (C=O) groups is 2. The zero-order valence-corrected chi connectivity index (χ0v) is 42.8. The van der Waals surface area contributed by atoms with Crippen molar-refractivity contribution in [1.29, 1.82) is 0 Å². The van der Waals surface area contributed by atoms with E-state index in [0.29, 0.717) is 19.4 Å². The van der Waals surface area contributed by atoms with Gasteiger partial charge in [-0.25, -0.2) is 0 Å². The van der Waals surface area contributed by atoms with Crippen LogP contribution in [0.4, 0.5) is 0 Å². The molecule has 0 bridgehead atoms. The normalized spacial score (nSPS) is 12.6. The van der Waals surface area contributed by atoms with E-state index in [0.717, 1.165) is 83.5 Å². The van der Waals surface area contributed by atoms with Gasteiger partial charge >= 0.3 is 11.9 Å². The van der Waals surface area contributed by atoms with Gasteiger partial charge in [-0.15, -0.1) is 0 Å². The molecule has 0 rings (SSSR count). The molecule has 64 heavy (non-hydrogen) atoms. The first-order valence-corrected chi connectivity index (χ1v) is 27.8. The van der Waals surface area contributed by atoms with Gasteiger partial charge in [0.2, 0.25) is 0 Å². The summed E-state index contributed by atoms with van der Waals surface area (Å²) < 4.78 is 17.4. The van der Waals surface area contributed by atoms with Crippen LogP contribution in [0.2, 0.25) is 0 Å². The average Bonchev–Trinajstić information content (AvgIpc) is 3.30. The van der Waals surface area contributed by atoms with Crippen molar-refractivity contribution in [2.24, 2.45) is 0 Å². The maximum atomic E-state index is 12.8. The Morgan fingerprint density at radius 3 is 1.19 bits per heavy atom. The summed E-state index contributed by atoms with van der Waals surface area (Å²) in [6.07, 6.45) is 69.5. The van der Waals surface area contributed by atoms with Crippen LogP contribution in [0.1, 0.15) is 278 Å². The Kier molecular flexibility index (Phi) is 52.9. The highest BCUT2D eigenvalue weighted by Gasteiger charge is 2.17. The standard InChI is InChI=1S/C59H106O5/c1-4-7-10-13-16-19-22-24-26-28-29-30-32-34-36-39-42-45-48-51-54-62-55-57(64-59(61)53-50-47-44-41-37-21-18-15-12-9-6-3)56-63-58(60)52-49-46-43-40-38-35-33-31-27-25-23-20-17-14-11-8-5-2/h8,11,15,17-18,20,24-27,57H,4-7,9-10,12-14,16,19,21-23,28-56H2,1-3H3/b11-8-,18-15-,20-17-,26-24-,27-25-. The molecule has 0 radical (unpaired) electrons. The number of allylic oxidation sites excluding steroid dienone is 10. The molecule has 5 nitrogen and oxygen atoms in total. The van der Waals surface area contributed by atoms with Gasteiger partial charge in [0, 0.05) is 19.4 Å². The van der Waals surface area contributed by atoms with Crippen molar-refractivity contribution < 1.29 is 23.8 Å². The molecule has 0 aliphatic rings. The number of hydrogen-bond acceptors (Lipinski definition) is 5. The Morgan fingerprint density at radius 2 is 0.719 bits per heavy atom. The zero-order chi connectivity index (χ0) is 46.3. The molecule has 372 valence electrons. The van der Waals surface area contributed by atoms with Crippen molar-refractivity contribution in [1.82, 2.24) is 0 Å². The van der Waals surface area contributed by atoms with Crippen LogP contribution in [0.5, 0.6) is 0 Å². The van der Waals surface area contributed by atoms with E-state index in [9.17, 15) is 9.59 Å². The minimum absolute atomic E-state index is 0.0767. The van der Waals surface area contributed by atoms with Gasteiger partial charge in [-0.3, -0.25) is 9.59 Å². The summed E-state index contributed by atoms with van der Waals surface area (Å²) in [4.78, 5) is 25.4. The van der Waals surface area contributed by atoms with Crippen molar-refractivity contribution in [2.75, 3.05) is 19.8 Å². The van der Waals surface area contributed by atoms with Gasteiger partial charge in [-0.2, -0.15) is 0 Å². The van der Waals surface area contributed by atoms with E-state index in [-0.39, 0.29) is 25.2 Å². The molecule has 1 atom stereocenters. The molecule has 0 saturated carbocycles. The van der Waals surface area contributed by atoms with E-state index in [1.165, 1.54) is 161 Å². The Labute approximate surface area is 398 Å². The molecule has 0 heterocycles. The molecule has 0 aromatic heterocycles. The smallest absolute Gasteiger partial charge is 0.306 e. The molecule has 0 aromatic rings. The molecule has 5 heteroatoms. The third kappa shape index (κ3) is 52.2. The van der Waals surface area contributed by atoms with Crippen molar-refractivity contribution >= 4 is 11.9 Å². The number of hydrogen-bond donors (Lipinski definition) is 0. The predicted octanol–water partition coefficient (Wildman–Crippen LogP) is 18.9. The highest BCUT2D eigenvalue weighted by molar-refractivity contribution is 5.70. The van der Waals surface area contributed by atoms with Gasteiger partial charge in [0.25, 0.3) is 0 Å². The van der Waals surface area contributed by atoms with Crippen molar-refractivity contribution in [3.63, 3.8) is 0 Å². The van der Waals surface area contributed by atoms with Crippen molar-refractivity contribution in [3.05, 3.63) is 60.8 Å². The first kappa shape index (κ1) is 61.6. The van der Waals surface area contributed by atoms with Crippen LogP contribution in [0.25, 0.3) is 0 Å². The summed E-state index contributed by atoms with van der Waals surface area (Å²) in [5.74, 6) is -0.412. The first-order chi connectivity index (χ1) is 31.6. The molecule has 0 aliphatic carbocycles. The number of unbranched alkanes of at least 4 members (excludes halogenated alkanes) is 30. The largest absolute Gasteiger partial charge is 0.462 e. The van der Waals surface area contributed by atoms with Gasteiger partial charge in [0.1, 0.15) is 6.61 Å². The third-order valence-corrected chi connectivity index (χ3v) is 12.0. The molecule has 0 fully saturated rings. The van der Waals surface area contributed by atoms with Gasteiger partial charge in [-0.05, 0) is 96.3 Å². The van der Waals surface area contributed by atoms with Crippen LogP contribution in [0, 0.1) is 0 Å². The number of rotatable bonds is 51. The summed E-state index contributed by atoms with van der Waals surface area (Å²) in [5.41, 5.74) is 0. The number of esters is 2. The van der Waals surface area contributed by atoms with Gasteiger partial charge in [0.05, 0.1) is 6.61 Å². The van der Waals surface area contributed by atoms with Crippen LogP contribution in [0.15, 0.2) is 60.8 Å². The number of ether oxygens (including phenoxy) is 3. The maximum Gasteiger partial charge on any atom is 0.306 e. The quantitative estimate of drug-likeness (QED) is 0.0346. The second-order valence-electron chi connectivity index (χ2n) is 18.4. The van der Waals surface area contributed by atoms with Crippen LogP contribution in [0.3, 0.4) is 0 Å². The highest BCUT2D eigenvalue weighted by atomic mass is 16.6. The molecular formula is C59H106O5. The Morgan fingerprint density at radius 1 is 0.359 bits per heavy atom. The predicted molar refractivity (Wildman–Crippen MR) is 279 cm³/mol. The lowest BCUT2D eigenvalue weighted by Gasteiger charge is -2.18. The third-order valence-electron chi connectivity index (χ3n) is 12.0. The molecule has 0 aliphatic heterocycles. The molecule has 0 saturated heterocycles. The van der Waals surface area contributed by atoms with E-state index < -0.39 is 6.10 Å². The van der Waals surface area contributed by atoms with E-state index in [1.807, 2.05) is 0 Å². The minimum Gasteiger partial charge on any atom is -0.462 e. The molecule has 0 amide bonds. The van der Waals surface area contributed by atoms with Gasteiger partial charge < -0.3 is 14.2 Å². The number of carbonyl (C=O) groups excluding carboxylic acids is 2. The lowest BCUT2D eigenvalue weighted by atomic mass is 10.1. The van der Waals surface area contributed by atoms with Crippen molar-refractivity contribution in [2.45, 2.75) is 284 Å². The first-order valence-electron chi connectivity index (χ1n) is 27.8. The van der Waals surface area contributed by atoms with E-state index in [4.69, 9.17) is 14.2 Å². The second kappa shape index (κ2) is 54.9. The maximum absolute atomic E-state index is 12.8. The molecule has 1 unspecified atom stereocenters. The molecule has 0 N–H and O–H groups in total. The summed E-state index contributed by atoms with van der Waals surface area (Å²) >= 11 is 0. The Hall–Kier alpha value is -2.40. The van der Waals surface area contributed by atoms with Crippen LogP contribution < -0.4 is 0 Å². The van der Waals surface area contributed by atoms with Crippen LogP contribution in [-0.2, 0) is 23.8 Å². The fourth-order valence-electron chi connectivity index (χ4n) is 7.85. The monoisotopic (exact) mass is 895 g/mol. The van der Waals surface area contributed by atoms with E-state index in [1.54, 1.807) is 0 Å². The minimum atomic E-state index is -0.545. The summed E-state index contributed by atoms with van der Waals surface area (Å²) in [6, 6.07) is 0. The lowest BCUT2D eigenvalue weighted by molar-refractivity contribution is -0.163. The lowest BCUT2D eigenvalue weighted by Crippen LogP contribution is -2.30. The second-order valence-corrected chi connectivity index (χ2v) is 18.4. The summed E-state index contributed by atoms with van der Waals surface area (Å²) in [7, 11) is 0. The fourth-order valence-corrected chi connectivity index (χ4v) is 7.85. The average molecular weight is 895 g/mol. The topological polar surface area (TPSA) is 61.8 Å². The Balaban J connectivity index is 4.21. The zero-order valence-electron chi connectivity index (χ0n) is 42.8. The van der Waals surface area contributed by atoms with Crippen LogP contribution >= 0.6 is 0 Å². The molecule has 0 spiro atoms. The van der Waals surface area contributed by atoms with Gasteiger partial charge in [-0.1, -0.05) is 229 Å². The fraction of sp³-hybridized carbons (Fsp3) is 0.797. The molecular weight excluding hydrogens is 789 g/mol. The summed E-state index contributed by atoms with van der Waals surface area (Å²) in [5, 5.41) is 0. The van der Waals surface area contributed by atoms with Crippen LogP contribution in [-0.4, -0.2) is 37.9 Å². The van der Waals surface area contributed by atoms with E-state index >= 15 is 0 Å². The summed E-state index contributed by atoms with van der Waals surface area (Å²) in [6.45, 7) is 7.69. The molecule has 0 aromatic carbocycles. The van der Waals surface area contributed by atoms with Crippen molar-refractivity contribution in [3.8, 4) is 0 Å². The van der Waals surface area contributed by atoms with E-state index in [2.05, 4.69) is 81.5 Å². The Bertz CT molecular complexity index is 1100. The van der Waals surface area contributed by atoms with Gasteiger partial charge in [0.15, 0.2) is 6.10 Å².